The molecule has 1 amide bonds. The van der Waals surface area contributed by atoms with Crippen molar-refractivity contribution < 1.29 is 22.4 Å². The fourth-order valence-corrected chi connectivity index (χ4v) is 2.49. The first kappa shape index (κ1) is 17.3. The smallest absolute Gasteiger partial charge is 0.346 e. The number of hydrogen-bond acceptors (Lipinski definition) is 2. The van der Waals surface area contributed by atoms with Crippen molar-refractivity contribution in [3.63, 3.8) is 0 Å². The van der Waals surface area contributed by atoms with Crippen LogP contribution in [0.15, 0.2) is 22.7 Å². The van der Waals surface area contributed by atoms with Gasteiger partial charge in [0.2, 0.25) is 5.91 Å². The van der Waals surface area contributed by atoms with Gasteiger partial charge in [-0.1, -0.05) is 22.0 Å². The van der Waals surface area contributed by atoms with Crippen molar-refractivity contribution in [1.29, 1.82) is 0 Å². The number of amides is 1. The molecule has 2 nitrogen and oxygen atoms in total. The molecule has 0 radical (unpaired) electrons. The molecule has 1 aromatic carbocycles. The fourth-order valence-electron chi connectivity index (χ4n) is 1.26. The summed E-state index contributed by atoms with van der Waals surface area (Å²) in [6.07, 6.45) is -4.43. The number of carbonyl (C=O) groups excluding carboxylic acids is 1. The van der Waals surface area contributed by atoms with E-state index in [0.29, 0.717) is 10.0 Å². The Morgan fingerprint density at radius 3 is 2.65 bits per heavy atom. The average Bonchev–Trinajstić information content (AvgIpc) is 2.33. The lowest BCUT2D eigenvalue weighted by atomic mass is 10.2. The minimum atomic E-state index is -4.43. The Morgan fingerprint density at radius 2 is 2.10 bits per heavy atom. The predicted molar refractivity (Wildman–Crippen MR) is 73.9 cm³/mol. The van der Waals surface area contributed by atoms with Crippen LogP contribution in [0, 0.1) is 5.82 Å². The highest BCUT2D eigenvalue weighted by Gasteiger charge is 2.28. The van der Waals surface area contributed by atoms with Crippen molar-refractivity contribution in [2.75, 3.05) is 6.54 Å². The molecule has 1 aromatic rings. The van der Waals surface area contributed by atoms with E-state index in [2.05, 4.69) is 15.9 Å². The van der Waals surface area contributed by atoms with E-state index in [9.17, 15) is 22.4 Å². The normalized spacial score (nSPS) is 13.1. The van der Waals surface area contributed by atoms with E-state index in [1.807, 2.05) is 0 Å². The van der Waals surface area contributed by atoms with E-state index >= 15 is 0 Å². The summed E-state index contributed by atoms with van der Waals surface area (Å²) in [6.45, 7) is 0.122. The molecule has 0 spiro atoms. The highest BCUT2D eigenvalue weighted by Crippen LogP contribution is 2.22. The Balaban J connectivity index is 2.46. The highest BCUT2D eigenvalue weighted by molar-refractivity contribution is 9.10. The molecule has 1 atom stereocenters. The van der Waals surface area contributed by atoms with Gasteiger partial charge in [-0.15, -0.1) is 11.8 Å². The third-order valence-electron chi connectivity index (χ3n) is 2.34. The van der Waals surface area contributed by atoms with Gasteiger partial charge in [0.25, 0.3) is 0 Å². The Morgan fingerprint density at radius 1 is 1.45 bits per heavy atom. The molecule has 0 aliphatic heterocycles. The number of alkyl halides is 3. The maximum Gasteiger partial charge on any atom is 0.405 e. The van der Waals surface area contributed by atoms with Crippen LogP contribution in [0.3, 0.4) is 0 Å². The lowest BCUT2D eigenvalue weighted by molar-refractivity contribution is -0.137. The van der Waals surface area contributed by atoms with Gasteiger partial charge in [0.1, 0.15) is 12.4 Å². The molecule has 20 heavy (non-hydrogen) atoms. The minimum absolute atomic E-state index is 0.208. The van der Waals surface area contributed by atoms with E-state index in [4.69, 9.17) is 0 Å². The quantitative estimate of drug-likeness (QED) is 0.793. The molecule has 0 fully saturated rings. The first-order valence-electron chi connectivity index (χ1n) is 5.59. The summed E-state index contributed by atoms with van der Waals surface area (Å²) >= 11 is 4.19. The van der Waals surface area contributed by atoms with Crippen molar-refractivity contribution >= 4 is 33.6 Å². The number of nitrogens with one attached hydrogen (secondary N) is 1. The van der Waals surface area contributed by atoms with Crippen LogP contribution >= 0.6 is 27.7 Å². The van der Waals surface area contributed by atoms with Crippen molar-refractivity contribution in [2.45, 2.75) is 24.1 Å². The zero-order valence-corrected chi connectivity index (χ0v) is 12.8. The molecule has 1 N–H and O–H groups in total. The summed E-state index contributed by atoms with van der Waals surface area (Å²) in [5.74, 6) is -0.931. The van der Waals surface area contributed by atoms with E-state index in [1.54, 1.807) is 17.4 Å². The summed E-state index contributed by atoms with van der Waals surface area (Å²) in [5, 5.41) is 1.10. The lowest BCUT2D eigenvalue weighted by Gasteiger charge is -2.13. The van der Waals surface area contributed by atoms with Gasteiger partial charge in [-0.2, -0.15) is 13.2 Å². The molecule has 0 aromatic heterocycles. The van der Waals surface area contributed by atoms with E-state index in [0.717, 1.165) is 11.8 Å². The van der Waals surface area contributed by atoms with Crippen LogP contribution in [0.1, 0.15) is 12.5 Å². The molecule has 0 saturated heterocycles. The molecule has 8 heteroatoms. The third kappa shape index (κ3) is 6.13. The van der Waals surface area contributed by atoms with Crippen molar-refractivity contribution in [3.05, 3.63) is 34.1 Å². The van der Waals surface area contributed by atoms with Gasteiger partial charge in [0.05, 0.1) is 5.25 Å². The minimum Gasteiger partial charge on any atom is -0.346 e. The number of thioether (sulfide) groups is 1. The van der Waals surface area contributed by atoms with Gasteiger partial charge in [-0.05, 0) is 24.6 Å². The summed E-state index contributed by atoms with van der Waals surface area (Å²) < 4.78 is 49.9. The standard InChI is InChI=1S/C12H12BrF4NOS/c1-7(11(19)18-6-12(15,16)17)20-5-8-2-3-9(13)4-10(8)14/h2-4,7H,5-6H2,1H3,(H,18,19). The lowest BCUT2D eigenvalue weighted by Crippen LogP contribution is -2.38. The summed E-state index contributed by atoms with van der Waals surface area (Å²) in [4.78, 5) is 11.4. The van der Waals surface area contributed by atoms with E-state index in [1.165, 1.54) is 13.0 Å². The Kier molecular flexibility index (Phi) is 6.32. The number of carbonyl (C=O) groups is 1. The van der Waals surface area contributed by atoms with Gasteiger partial charge in [-0.3, -0.25) is 4.79 Å². The van der Waals surface area contributed by atoms with Crippen LogP contribution in [0.4, 0.5) is 17.6 Å². The predicted octanol–water partition coefficient (Wildman–Crippen LogP) is 3.89. The van der Waals surface area contributed by atoms with Crippen LogP contribution in [-0.4, -0.2) is 23.9 Å². The third-order valence-corrected chi connectivity index (χ3v) is 4.02. The number of benzene rings is 1. The Labute approximate surface area is 126 Å². The van der Waals surface area contributed by atoms with Gasteiger partial charge < -0.3 is 5.32 Å². The molecule has 1 unspecified atom stereocenters. The largest absolute Gasteiger partial charge is 0.405 e. The second-order valence-electron chi connectivity index (χ2n) is 4.02. The molecule has 0 aliphatic rings. The van der Waals surface area contributed by atoms with Gasteiger partial charge in [0, 0.05) is 10.2 Å². The van der Waals surface area contributed by atoms with Gasteiger partial charge >= 0.3 is 6.18 Å². The Hall–Kier alpha value is -0.760. The van der Waals surface area contributed by atoms with Gasteiger partial charge in [-0.25, -0.2) is 4.39 Å². The number of rotatable bonds is 5. The topological polar surface area (TPSA) is 29.1 Å². The second-order valence-corrected chi connectivity index (χ2v) is 6.27. The maximum atomic E-state index is 13.5. The monoisotopic (exact) mass is 373 g/mol. The molecule has 0 heterocycles. The van der Waals surface area contributed by atoms with E-state index in [-0.39, 0.29) is 5.75 Å². The van der Waals surface area contributed by atoms with Gasteiger partial charge in [0.15, 0.2) is 0 Å². The highest BCUT2D eigenvalue weighted by atomic mass is 79.9. The summed E-state index contributed by atoms with van der Waals surface area (Å²) in [5.41, 5.74) is 0.397. The molecular formula is C12H12BrF4NOS. The molecular weight excluding hydrogens is 362 g/mol. The summed E-state index contributed by atoms with van der Waals surface area (Å²) in [6, 6.07) is 4.52. The van der Waals surface area contributed by atoms with Crippen LogP contribution < -0.4 is 5.32 Å². The number of hydrogen-bond donors (Lipinski definition) is 1. The van der Waals surface area contributed by atoms with Crippen molar-refractivity contribution in [1.82, 2.24) is 5.32 Å². The molecule has 0 bridgehead atoms. The average molecular weight is 374 g/mol. The number of halogens is 5. The molecule has 1 rings (SSSR count). The van der Waals surface area contributed by atoms with Crippen LogP contribution in [-0.2, 0) is 10.5 Å². The first-order chi connectivity index (χ1) is 9.19. The van der Waals surface area contributed by atoms with Crippen LogP contribution in [0.25, 0.3) is 0 Å². The fraction of sp³-hybridized carbons (Fsp3) is 0.417. The Bertz CT molecular complexity index is 481. The molecule has 0 aliphatic carbocycles. The molecule has 0 saturated carbocycles. The second kappa shape index (κ2) is 7.31. The van der Waals surface area contributed by atoms with Crippen LogP contribution in [0.2, 0.25) is 0 Å². The maximum absolute atomic E-state index is 13.5. The van der Waals surface area contributed by atoms with Crippen LogP contribution in [0.5, 0.6) is 0 Å². The SMILES string of the molecule is CC(SCc1ccc(Br)cc1F)C(=O)NCC(F)(F)F. The van der Waals surface area contributed by atoms with Crippen molar-refractivity contribution in [2.24, 2.45) is 0 Å². The van der Waals surface area contributed by atoms with E-state index < -0.39 is 29.7 Å². The summed E-state index contributed by atoms with van der Waals surface area (Å²) in [7, 11) is 0. The molecule has 112 valence electrons. The zero-order chi connectivity index (χ0) is 15.3. The zero-order valence-electron chi connectivity index (χ0n) is 10.4. The van der Waals surface area contributed by atoms with Crippen molar-refractivity contribution in [3.8, 4) is 0 Å². The first-order valence-corrected chi connectivity index (χ1v) is 7.43.